The maximum absolute atomic E-state index is 5.14. The highest BCUT2D eigenvalue weighted by molar-refractivity contribution is 5.88. The van der Waals surface area contributed by atoms with Gasteiger partial charge in [0.2, 0.25) is 0 Å². The number of benzene rings is 6. The van der Waals surface area contributed by atoms with Gasteiger partial charge in [-0.25, -0.2) is 15.0 Å². The quantitative estimate of drug-likeness (QED) is 0.205. The van der Waals surface area contributed by atoms with E-state index in [-0.39, 0.29) is 0 Å². The predicted octanol–water partition coefficient (Wildman–Crippen LogP) is 10.7. The van der Waals surface area contributed by atoms with E-state index in [2.05, 4.69) is 164 Å². The highest BCUT2D eigenvalue weighted by atomic mass is 15.0. The average molecular weight is 576 g/mol. The molecule has 212 valence electrons. The molecule has 3 heteroatoms. The van der Waals surface area contributed by atoms with Crippen molar-refractivity contribution in [3.05, 3.63) is 169 Å². The summed E-state index contributed by atoms with van der Waals surface area (Å²) < 4.78 is 0. The fourth-order valence-electron chi connectivity index (χ4n) is 5.95. The summed E-state index contributed by atoms with van der Waals surface area (Å²) in [5.41, 5.74) is 7.55. The third-order valence-corrected chi connectivity index (χ3v) is 8.31. The van der Waals surface area contributed by atoms with E-state index in [0.29, 0.717) is 17.5 Å². The number of rotatable bonds is 5. The van der Waals surface area contributed by atoms with Crippen LogP contribution in [0.2, 0.25) is 0 Å². The Bertz CT molecular complexity index is 2200. The second-order valence-electron chi connectivity index (χ2n) is 11.3. The van der Waals surface area contributed by atoms with Crippen molar-refractivity contribution in [2.24, 2.45) is 0 Å². The third kappa shape index (κ3) is 5.48. The number of hydrogen-bond acceptors (Lipinski definition) is 3. The van der Waals surface area contributed by atoms with Crippen molar-refractivity contribution in [2.45, 2.75) is 6.42 Å². The zero-order valence-corrected chi connectivity index (χ0v) is 24.6. The van der Waals surface area contributed by atoms with Crippen LogP contribution in [0, 0.1) is 0 Å². The maximum atomic E-state index is 5.14. The van der Waals surface area contributed by atoms with Gasteiger partial charge in [-0.3, -0.25) is 0 Å². The first-order valence-electron chi connectivity index (χ1n) is 15.2. The van der Waals surface area contributed by atoms with Gasteiger partial charge in [0, 0.05) is 16.7 Å². The van der Waals surface area contributed by atoms with Crippen molar-refractivity contribution >= 4 is 27.1 Å². The molecule has 0 saturated heterocycles. The van der Waals surface area contributed by atoms with E-state index in [1.165, 1.54) is 16.3 Å². The Morgan fingerprint density at radius 3 is 1.53 bits per heavy atom. The van der Waals surface area contributed by atoms with Gasteiger partial charge in [-0.15, -0.1) is 0 Å². The summed E-state index contributed by atoms with van der Waals surface area (Å²) in [6.07, 6.45) is 11.5. The molecule has 0 unspecified atom stereocenters. The van der Waals surface area contributed by atoms with Gasteiger partial charge in [-0.05, 0) is 80.6 Å². The summed E-state index contributed by atoms with van der Waals surface area (Å²) in [4.78, 5) is 15.3. The molecule has 1 aliphatic carbocycles. The molecule has 0 amide bonds. The van der Waals surface area contributed by atoms with E-state index in [1.54, 1.807) is 0 Å². The average Bonchev–Trinajstić information content (AvgIpc) is 3.41. The van der Waals surface area contributed by atoms with Gasteiger partial charge in [0.25, 0.3) is 0 Å². The molecule has 1 aromatic heterocycles. The van der Waals surface area contributed by atoms with Crippen LogP contribution in [-0.2, 0) is 0 Å². The summed E-state index contributed by atoms with van der Waals surface area (Å²) in [7, 11) is 0. The van der Waals surface area contributed by atoms with E-state index in [1.807, 2.05) is 0 Å². The summed E-state index contributed by atoms with van der Waals surface area (Å²) in [6, 6.07) is 46.8. The zero-order valence-electron chi connectivity index (χ0n) is 24.6. The number of hydrogen-bond donors (Lipinski definition) is 0. The normalized spacial score (nSPS) is 12.8. The van der Waals surface area contributed by atoms with Crippen LogP contribution in [0.4, 0.5) is 0 Å². The Kier molecular flexibility index (Phi) is 6.89. The van der Waals surface area contributed by atoms with E-state index in [9.17, 15) is 0 Å². The Hall–Kier alpha value is -5.93. The van der Waals surface area contributed by atoms with Crippen LogP contribution >= 0.6 is 0 Å². The van der Waals surface area contributed by atoms with Gasteiger partial charge in [0.05, 0.1) is 0 Å². The molecule has 0 radical (unpaired) electrons. The second-order valence-corrected chi connectivity index (χ2v) is 11.3. The van der Waals surface area contributed by atoms with Gasteiger partial charge in [0.1, 0.15) is 0 Å². The summed E-state index contributed by atoms with van der Waals surface area (Å²) >= 11 is 0. The molecule has 7 aromatic rings. The van der Waals surface area contributed by atoms with Crippen LogP contribution in [0.25, 0.3) is 72.4 Å². The van der Waals surface area contributed by atoms with E-state index in [4.69, 9.17) is 15.0 Å². The monoisotopic (exact) mass is 575 g/mol. The van der Waals surface area contributed by atoms with Crippen LogP contribution in [0.1, 0.15) is 12.0 Å². The maximum Gasteiger partial charge on any atom is 0.164 e. The summed E-state index contributed by atoms with van der Waals surface area (Å²) in [5, 5.41) is 4.67. The zero-order chi connectivity index (χ0) is 30.0. The molecule has 6 aromatic carbocycles. The van der Waals surface area contributed by atoms with E-state index < -0.39 is 0 Å². The van der Waals surface area contributed by atoms with Crippen LogP contribution < -0.4 is 0 Å². The fourth-order valence-corrected chi connectivity index (χ4v) is 5.95. The smallest absolute Gasteiger partial charge is 0.164 e. The largest absolute Gasteiger partial charge is 0.208 e. The van der Waals surface area contributed by atoms with Crippen LogP contribution in [0.5, 0.6) is 0 Å². The molecule has 0 atom stereocenters. The molecule has 0 N–H and O–H groups in total. The molecular weight excluding hydrogens is 546 g/mol. The molecule has 1 heterocycles. The van der Waals surface area contributed by atoms with Gasteiger partial charge >= 0.3 is 0 Å². The minimum Gasteiger partial charge on any atom is -0.208 e. The van der Waals surface area contributed by atoms with Crippen molar-refractivity contribution in [1.82, 2.24) is 15.0 Å². The molecular formula is C42H29N3. The highest BCUT2D eigenvalue weighted by Crippen LogP contribution is 2.34. The lowest BCUT2D eigenvalue weighted by Crippen LogP contribution is -2.01. The molecule has 0 spiro atoms. The van der Waals surface area contributed by atoms with Crippen LogP contribution in [0.15, 0.2) is 164 Å². The molecule has 0 aliphatic heterocycles. The van der Waals surface area contributed by atoms with Crippen molar-refractivity contribution in [3.8, 4) is 45.3 Å². The first-order chi connectivity index (χ1) is 22.3. The van der Waals surface area contributed by atoms with Gasteiger partial charge in [-0.1, -0.05) is 134 Å². The Morgan fingerprint density at radius 1 is 0.356 bits per heavy atom. The second kappa shape index (κ2) is 11.6. The fraction of sp³-hybridized carbons (Fsp3) is 0.0238. The SMILES string of the molecule is C1=CC=C(c2cc(-c3ccccc3)cc(-c3nc(-c4ccc5ccccc5c4)nc(-c4ccc5ccccc5c4)n3)c2)CC=C1. The predicted molar refractivity (Wildman–Crippen MR) is 187 cm³/mol. The standard InChI is InChI=1S/C42H29N3/c1-2-5-13-29(12-4-1)37-26-38(30-14-6-3-7-15-30)28-39(27-37)42-44-40(35-22-20-31-16-8-10-18-33(31)24-35)43-41(45-42)36-23-21-32-17-9-11-19-34(32)25-36/h1-12,14-28H,13H2. The van der Waals surface area contributed by atoms with Crippen molar-refractivity contribution in [1.29, 1.82) is 0 Å². The van der Waals surface area contributed by atoms with E-state index >= 15 is 0 Å². The Balaban J connectivity index is 1.35. The molecule has 8 rings (SSSR count). The third-order valence-electron chi connectivity index (χ3n) is 8.31. The lowest BCUT2D eigenvalue weighted by molar-refractivity contribution is 1.07. The first-order valence-corrected chi connectivity index (χ1v) is 15.2. The van der Waals surface area contributed by atoms with Gasteiger partial charge < -0.3 is 0 Å². The Labute approximate surface area is 262 Å². The molecule has 0 fully saturated rings. The lowest BCUT2D eigenvalue weighted by Gasteiger charge is -2.13. The lowest BCUT2D eigenvalue weighted by atomic mass is 9.94. The minimum absolute atomic E-state index is 0.649. The van der Waals surface area contributed by atoms with Gasteiger partial charge in [-0.2, -0.15) is 0 Å². The molecule has 45 heavy (non-hydrogen) atoms. The van der Waals surface area contributed by atoms with Gasteiger partial charge in [0.15, 0.2) is 17.5 Å². The topological polar surface area (TPSA) is 38.7 Å². The number of allylic oxidation sites excluding steroid dienone is 6. The molecule has 0 bridgehead atoms. The number of nitrogens with zero attached hydrogens (tertiary/aromatic N) is 3. The van der Waals surface area contributed by atoms with Crippen molar-refractivity contribution in [3.63, 3.8) is 0 Å². The highest BCUT2D eigenvalue weighted by Gasteiger charge is 2.16. The van der Waals surface area contributed by atoms with Crippen molar-refractivity contribution in [2.75, 3.05) is 0 Å². The number of fused-ring (bicyclic) bond motifs is 2. The molecule has 0 saturated carbocycles. The number of aromatic nitrogens is 3. The summed E-state index contributed by atoms with van der Waals surface area (Å²) in [6.45, 7) is 0. The van der Waals surface area contributed by atoms with Crippen LogP contribution in [0.3, 0.4) is 0 Å². The molecule has 1 aliphatic rings. The van der Waals surface area contributed by atoms with Crippen LogP contribution in [-0.4, -0.2) is 15.0 Å². The Morgan fingerprint density at radius 2 is 0.889 bits per heavy atom. The summed E-state index contributed by atoms with van der Waals surface area (Å²) in [5.74, 6) is 1.95. The minimum atomic E-state index is 0.649. The first kappa shape index (κ1) is 26.7. The van der Waals surface area contributed by atoms with Crippen molar-refractivity contribution < 1.29 is 0 Å². The molecule has 3 nitrogen and oxygen atoms in total. The van der Waals surface area contributed by atoms with E-state index in [0.717, 1.165) is 50.6 Å².